The van der Waals surface area contributed by atoms with E-state index in [2.05, 4.69) is 4.90 Å². The molecule has 0 radical (unpaired) electrons. The Bertz CT molecular complexity index is 865. The lowest BCUT2D eigenvalue weighted by Gasteiger charge is -2.28. The molecule has 0 aliphatic carbocycles. The number of anilines is 1. The topological polar surface area (TPSA) is 56.6 Å². The molecule has 1 heterocycles. The third-order valence-corrected chi connectivity index (χ3v) is 5.07. The van der Waals surface area contributed by atoms with Crippen LogP contribution in [0.25, 0.3) is 0 Å². The van der Waals surface area contributed by atoms with Gasteiger partial charge in [-0.2, -0.15) is 5.26 Å². The van der Waals surface area contributed by atoms with Gasteiger partial charge in [-0.3, -0.25) is 9.69 Å². The zero-order valence-corrected chi connectivity index (χ0v) is 16.0. The van der Waals surface area contributed by atoms with Gasteiger partial charge in [-0.05, 0) is 49.2 Å². The van der Waals surface area contributed by atoms with Crippen molar-refractivity contribution in [3.05, 3.63) is 59.9 Å². The van der Waals surface area contributed by atoms with Crippen LogP contribution in [0.2, 0.25) is 0 Å². The number of rotatable bonds is 7. The maximum absolute atomic E-state index is 14.3. The minimum Gasteiger partial charge on any atom is -0.497 e. The fourth-order valence-corrected chi connectivity index (χ4v) is 3.71. The molecule has 146 valence electrons. The van der Waals surface area contributed by atoms with E-state index in [1.807, 2.05) is 30.3 Å². The van der Waals surface area contributed by atoms with Gasteiger partial charge >= 0.3 is 0 Å². The quantitative estimate of drug-likeness (QED) is 0.729. The fourth-order valence-electron chi connectivity index (χ4n) is 3.71. The lowest BCUT2D eigenvalue weighted by Crippen LogP contribution is -2.41. The Hall–Kier alpha value is -2.91. The molecule has 1 unspecified atom stereocenters. The summed E-state index contributed by atoms with van der Waals surface area (Å²) >= 11 is 0. The molecule has 1 aliphatic rings. The number of methoxy groups -OCH3 is 1. The highest BCUT2D eigenvalue weighted by molar-refractivity contribution is 5.95. The van der Waals surface area contributed by atoms with Gasteiger partial charge in [0.25, 0.3) is 0 Å². The summed E-state index contributed by atoms with van der Waals surface area (Å²) in [7, 11) is 1.64. The number of likely N-dealkylation sites (tertiary alicyclic amines) is 1. The first-order chi connectivity index (χ1) is 13.6. The van der Waals surface area contributed by atoms with Gasteiger partial charge in [0.1, 0.15) is 11.6 Å². The van der Waals surface area contributed by atoms with Crippen molar-refractivity contribution >= 4 is 11.6 Å². The highest BCUT2D eigenvalue weighted by atomic mass is 19.1. The average Bonchev–Trinajstić information content (AvgIpc) is 3.17. The van der Waals surface area contributed by atoms with Crippen LogP contribution in [0.1, 0.15) is 30.9 Å². The van der Waals surface area contributed by atoms with Crippen molar-refractivity contribution in [2.24, 2.45) is 0 Å². The van der Waals surface area contributed by atoms with Crippen LogP contribution in [0.15, 0.2) is 48.5 Å². The van der Waals surface area contributed by atoms with Crippen LogP contribution in [-0.4, -0.2) is 37.6 Å². The molecule has 0 N–H and O–H groups in total. The number of hydrogen-bond acceptors (Lipinski definition) is 4. The van der Waals surface area contributed by atoms with Gasteiger partial charge in [0.15, 0.2) is 0 Å². The molecule has 2 aromatic carbocycles. The first-order valence-electron chi connectivity index (χ1n) is 9.44. The molecule has 1 aliphatic heterocycles. The molecule has 0 saturated carbocycles. The number of para-hydroxylation sites is 1. The summed E-state index contributed by atoms with van der Waals surface area (Å²) in [4.78, 5) is 16.6. The third kappa shape index (κ3) is 4.49. The van der Waals surface area contributed by atoms with E-state index in [-0.39, 0.29) is 37.1 Å². The number of halogens is 1. The Kier molecular flexibility index (Phi) is 6.62. The molecule has 0 spiro atoms. The van der Waals surface area contributed by atoms with E-state index < -0.39 is 5.82 Å². The minimum absolute atomic E-state index is 0.123. The zero-order chi connectivity index (χ0) is 19.9. The second-order valence-corrected chi connectivity index (χ2v) is 6.81. The maximum atomic E-state index is 14.3. The largest absolute Gasteiger partial charge is 0.497 e. The molecular formula is C22H24FN3O2. The van der Waals surface area contributed by atoms with Crippen molar-refractivity contribution < 1.29 is 13.9 Å². The Morgan fingerprint density at radius 3 is 2.89 bits per heavy atom. The van der Waals surface area contributed by atoms with Crippen LogP contribution in [0.3, 0.4) is 0 Å². The van der Waals surface area contributed by atoms with Crippen LogP contribution in [0.4, 0.5) is 10.1 Å². The number of benzene rings is 2. The van der Waals surface area contributed by atoms with Gasteiger partial charge in [-0.25, -0.2) is 4.39 Å². The van der Waals surface area contributed by atoms with Gasteiger partial charge in [0, 0.05) is 12.6 Å². The van der Waals surface area contributed by atoms with E-state index in [9.17, 15) is 9.18 Å². The predicted octanol–water partition coefficient (Wildman–Crippen LogP) is 3.92. The molecule has 1 saturated heterocycles. The lowest BCUT2D eigenvalue weighted by molar-refractivity contribution is -0.120. The summed E-state index contributed by atoms with van der Waals surface area (Å²) in [6.07, 6.45) is 2.10. The summed E-state index contributed by atoms with van der Waals surface area (Å²) in [6, 6.07) is 16.2. The van der Waals surface area contributed by atoms with Crippen molar-refractivity contribution in [1.82, 2.24) is 4.90 Å². The molecule has 1 fully saturated rings. The summed E-state index contributed by atoms with van der Waals surface area (Å²) < 4.78 is 19.6. The van der Waals surface area contributed by atoms with Crippen LogP contribution in [0, 0.1) is 17.1 Å². The van der Waals surface area contributed by atoms with E-state index in [0.717, 1.165) is 30.7 Å². The molecule has 0 aromatic heterocycles. The Morgan fingerprint density at radius 1 is 1.32 bits per heavy atom. The van der Waals surface area contributed by atoms with Crippen LogP contribution < -0.4 is 9.64 Å². The average molecular weight is 381 g/mol. The third-order valence-electron chi connectivity index (χ3n) is 5.07. The molecule has 28 heavy (non-hydrogen) atoms. The molecule has 1 amide bonds. The van der Waals surface area contributed by atoms with E-state index in [4.69, 9.17) is 10.00 Å². The van der Waals surface area contributed by atoms with Gasteiger partial charge in [0.05, 0.1) is 31.8 Å². The number of ether oxygens (including phenoxy) is 1. The van der Waals surface area contributed by atoms with Gasteiger partial charge in [0.2, 0.25) is 5.91 Å². The van der Waals surface area contributed by atoms with Crippen molar-refractivity contribution in [2.75, 3.05) is 31.6 Å². The number of nitriles is 1. The number of carbonyl (C=O) groups is 1. The first kappa shape index (κ1) is 19.8. The van der Waals surface area contributed by atoms with Crippen LogP contribution >= 0.6 is 0 Å². The van der Waals surface area contributed by atoms with Crippen molar-refractivity contribution in [2.45, 2.75) is 25.3 Å². The minimum atomic E-state index is -0.459. The molecule has 3 rings (SSSR count). The molecule has 0 bridgehead atoms. The van der Waals surface area contributed by atoms with Crippen LogP contribution in [0.5, 0.6) is 5.75 Å². The summed E-state index contributed by atoms with van der Waals surface area (Å²) in [5, 5.41) is 8.93. The van der Waals surface area contributed by atoms with E-state index in [0.29, 0.717) is 0 Å². The van der Waals surface area contributed by atoms with Gasteiger partial charge in [-0.15, -0.1) is 0 Å². The highest BCUT2D eigenvalue weighted by Crippen LogP contribution is 2.33. The number of carbonyl (C=O) groups excluding carboxylic acids is 1. The van der Waals surface area contributed by atoms with Gasteiger partial charge < -0.3 is 9.64 Å². The molecule has 2 aromatic rings. The molecule has 1 atom stereocenters. The lowest BCUT2D eigenvalue weighted by atomic mass is 10.0. The Morgan fingerprint density at radius 2 is 2.14 bits per heavy atom. The summed E-state index contributed by atoms with van der Waals surface area (Å²) in [5.74, 6) is 0.132. The van der Waals surface area contributed by atoms with Crippen LogP contribution in [-0.2, 0) is 4.79 Å². The van der Waals surface area contributed by atoms with Crippen molar-refractivity contribution in [3.8, 4) is 11.8 Å². The highest BCUT2D eigenvalue weighted by Gasteiger charge is 2.30. The first-order valence-corrected chi connectivity index (χ1v) is 9.44. The number of hydrogen-bond donors (Lipinski definition) is 0. The molecule has 6 heteroatoms. The normalized spacial score (nSPS) is 16.5. The monoisotopic (exact) mass is 381 g/mol. The Balaban J connectivity index is 1.78. The predicted molar refractivity (Wildman–Crippen MR) is 106 cm³/mol. The number of amides is 1. The zero-order valence-electron chi connectivity index (χ0n) is 16.0. The second-order valence-electron chi connectivity index (χ2n) is 6.81. The fraction of sp³-hybridized carbons (Fsp3) is 0.364. The standard InChI is InChI=1S/C22H24FN3O2/c1-28-18-8-4-7-17(15-18)20-11-5-13-25(20)16-22(27)26(14-6-12-24)21-10-3-2-9-19(21)23/h2-4,7-10,15,20H,5-6,11,13-14,16H2,1H3. The van der Waals surface area contributed by atoms with E-state index in [1.54, 1.807) is 25.3 Å². The van der Waals surface area contributed by atoms with E-state index in [1.165, 1.54) is 11.0 Å². The second kappa shape index (κ2) is 9.34. The number of nitrogens with zero attached hydrogens (tertiary/aromatic N) is 3. The molecule has 5 nitrogen and oxygen atoms in total. The maximum Gasteiger partial charge on any atom is 0.241 e. The smallest absolute Gasteiger partial charge is 0.241 e. The SMILES string of the molecule is COc1cccc(C2CCCN2CC(=O)N(CCC#N)c2ccccc2F)c1. The van der Waals surface area contributed by atoms with E-state index >= 15 is 0 Å². The van der Waals surface area contributed by atoms with Gasteiger partial charge in [-0.1, -0.05) is 24.3 Å². The molecular weight excluding hydrogens is 357 g/mol. The summed E-state index contributed by atoms with van der Waals surface area (Å²) in [6.45, 7) is 1.16. The Labute approximate surface area is 164 Å². The van der Waals surface area contributed by atoms with Crippen molar-refractivity contribution in [1.29, 1.82) is 5.26 Å². The van der Waals surface area contributed by atoms with Crippen molar-refractivity contribution in [3.63, 3.8) is 0 Å². The summed E-state index contributed by atoms with van der Waals surface area (Å²) in [5.41, 5.74) is 1.33.